The van der Waals surface area contributed by atoms with Gasteiger partial charge in [0.05, 0.1) is 4.99 Å². The zero-order valence-corrected chi connectivity index (χ0v) is 15.0. The average Bonchev–Trinajstić information content (AvgIpc) is 2.99. The van der Waals surface area contributed by atoms with Crippen LogP contribution in [0.1, 0.15) is 90.4 Å². The highest BCUT2D eigenvalue weighted by Crippen LogP contribution is 2.20. The smallest absolute Gasteiger partial charge is 0.326 e. The Morgan fingerprint density at radius 3 is 2.14 bits per heavy atom. The molecule has 0 aromatic heterocycles. The SMILES string of the molecule is CCCCCCCCCCCCC(=S)N1CCC[C@H]1C(=O)O. The van der Waals surface area contributed by atoms with Crippen molar-refractivity contribution in [3.8, 4) is 0 Å². The lowest BCUT2D eigenvalue weighted by molar-refractivity contribution is -0.140. The molecule has 1 heterocycles. The van der Waals surface area contributed by atoms with Gasteiger partial charge in [0, 0.05) is 6.54 Å². The quantitative estimate of drug-likeness (QED) is 0.396. The number of hydrogen-bond donors (Lipinski definition) is 1. The van der Waals surface area contributed by atoms with Gasteiger partial charge >= 0.3 is 5.97 Å². The van der Waals surface area contributed by atoms with Crippen molar-refractivity contribution in [3.05, 3.63) is 0 Å². The summed E-state index contributed by atoms with van der Waals surface area (Å²) in [5.74, 6) is -0.720. The Morgan fingerprint density at radius 1 is 1.05 bits per heavy atom. The molecule has 1 rings (SSSR count). The summed E-state index contributed by atoms with van der Waals surface area (Å²) in [6.07, 6.45) is 15.8. The van der Waals surface area contributed by atoms with Crippen LogP contribution in [0.3, 0.4) is 0 Å². The predicted octanol–water partition coefficient (Wildman–Crippen LogP) is 5.17. The van der Waals surface area contributed by atoms with Crippen LogP contribution in [0.25, 0.3) is 0 Å². The molecule has 1 aliphatic rings. The van der Waals surface area contributed by atoms with Gasteiger partial charge in [-0.15, -0.1) is 0 Å². The van der Waals surface area contributed by atoms with Gasteiger partial charge in [-0.2, -0.15) is 0 Å². The fraction of sp³-hybridized carbons (Fsp3) is 0.889. The first-order valence-electron chi connectivity index (χ1n) is 9.19. The van der Waals surface area contributed by atoms with Crippen LogP contribution in [0, 0.1) is 0 Å². The standard InChI is InChI=1S/C18H33NO2S/c1-2-3-4-5-6-7-8-9-10-11-14-17(22)19-15-12-13-16(19)18(20)21/h16H,2-15H2,1H3,(H,20,21)/t16-/m0/s1. The number of nitrogens with zero attached hydrogens (tertiary/aromatic N) is 1. The molecule has 0 aliphatic carbocycles. The van der Waals surface area contributed by atoms with E-state index in [-0.39, 0.29) is 6.04 Å². The average molecular weight is 328 g/mol. The van der Waals surface area contributed by atoms with Gasteiger partial charge in [0.25, 0.3) is 0 Å². The maximum Gasteiger partial charge on any atom is 0.326 e. The molecule has 0 bridgehead atoms. The van der Waals surface area contributed by atoms with Crippen LogP contribution < -0.4 is 0 Å². The van der Waals surface area contributed by atoms with E-state index in [9.17, 15) is 9.90 Å². The molecule has 0 unspecified atom stereocenters. The van der Waals surface area contributed by atoms with E-state index in [4.69, 9.17) is 12.2 Å². The van der Waals surface area contributed by atoms with Gasteiger partial charge in [0.15, 0.2) is 0 Å². The van der Waals surface area contributed by atoms with E-state index >= 15 is 0 Å². The molecule has 0 saturated carbocycles. The van der Waals surface area contributed by atoms with Crippen molar-refractivity contribution >= 4 is 23.2 Å². The highest BCUT2D eigenvalue weighted by atomic mass is 32.1. The predicted molar refractivity (Wildman–Crippen MR) is 96.4 cm³/mol. The minimum Gasteiger partial charge on any atom is -0.480 e. The summed E-state index contributed by atoms with van der Waals surface area (Å²) in [5.41, 5.74) is 0. The molecule has 1 atom stereocenters. The first-order valence-corrected chi connectivity index (χ1v) is 9.60. The molecule has 3 nitrogen and oxygen atoms in total. The van der Waals surface area contributed by atoms with Crippen molar-refractivity contribution in [1.82, 2.24) is 4.90 Å². The van der Waals surface area contributed by atoms with Crippen molar-refractivity contribution in [2.75, 3.05) is 6.54 Å². The summed E-state index contributed by atoms with van der Waals surface area (Å²) in [6, 6.07) is -0.365. The van der Waals surface area contributed by atoms with Gasteiger partial charge in [0.1, 0.15) is 6.04 Å². The third-order valence-corrected chi connectivity index (χ3v) is 5.04. The Hall–Kier alpha value is -0.640. The largest absolute Gasteiger partial charge is 0.480 e. The molecule has 1 aliphatic heterocycles. The molecule has 0 radical (unpaired) electrons. The molecule has 1 N–H and O–H groups in total. The molecule has 22 heavy (non-hydrogen) atoms. The topological polar surface area (TPSA) is 40.5 Å². The highest BCUT2D eigenvalue weighted by molar-refractivity contribution is 7.80. The van der Waals surface area contributed by atoms with Crippen LogP contribution >= 0.6 is 12.2 Å². The van der Waals surface area contributed by atoms with Crippen molar-refractivity contribution in [2.24, 2.45) is 0 Å². The first-order chi connectivity index (χ1) is 10.7. The van der Waals surface area contributed by atoms with E-state index in [1.807, 2.05) is 4.90 Å². The zero-order valence-electron chi connectivity index (χ0n) is 14.2. The van der Waals surface area contributed by atoms with Crippen molar-refractivity contribution < 1.29 is 9.90 Å². The molecule has 0 aromatic rings. The number of aliphatic carboxylic acids is 1. The normalized spacial score (nSPS) is 17.9. The number of carboxylic acid groups (broad SMARTS) is 1. The number of carbonyl (C=O) groups is 1. The van der Waals surface area contributed by atoms with E-state index in [1.54, 1.807) is 0 Å². The summed E-state index contributed by atoms with van der Waals surface area (Å²) in [5, 5.41) is 9.18. The molecule has 0 aromatic carbocycles. The number of thiocarbonyl (C=S) groups is 1. The van der Waals surface area contributed by atoms with Crippen molar-refractivity contribution in [2.45, 2.75) is 96.4 Å². The lowest BCUT2D eigenvalue weighted by Gasteiger charge is -2.24. The Labute approximate surface area is 141 Å². The Morgan fingerprint density at radius 2 is 1.59 bits per heavy atom. The van der Waals surface area contributed by atoms with Crippen LogP contribution in [0.5, 0.6) is 0 Å². The summed E-state index contributed by atoms with van der Waals surface area (Å²) < 4.78 is 0. The number of rotatable bonds is 12. The van der Waals surface area contributed by atoms with Gasteiger partial charge in [-0.05, 0) is 25.7 Å². The van der Waals surface area contributed by atoms with Crippen LogP contribution in [-0.4, -0.2) is 33.6 Å². The van der Waals surface area contributed by atoms with Crippen LogP contribution in [-0.2, 0) is 4.79 Å². The van der Waals surface area contributed by atoms with Crippen LogP contribution in [0.4, 0.5) is 0 Å². The zero-order chi connectivity index (χ0) is 16.2. The lowest BCUT2D eigenvalue weighted by atomic mass is 10.1. The summed E-state index contributed by atoms with van der Waals surface area (Å²) in [4.78, 5) is 14.0. The maximum atomic E-state index is 11.2. The molecule has 0 amide bonds. The second kappa shape index (κ2) is 11.9. The Bertz CT molecular complexity index is 333. The van der Waals surface area contributed by atoms with E-state index in [2.05, 4.69) is 6.92 Å². The number of unbranched alkanes of at least 4 members (excludes halogenated alkanes) is 9. The number of likely N-dealkylation sites (tertiary alicyclic amines) is 1. The van der Waals surface area contributed by atoms with Gasteiger partial charge in [-0.25, -0.2) is 4.79 Å². The Balaban J connectivity index is 1.98. The molecule has 128 valence electrons. The second-order valence-electron chi connectivity index (χ2n) is 6.52. The minimum atomic E-state index is -0.720. The molecular weight excluding hydrogens is 294 g/mol. The fourth-order valence-corrected chi connectivity index (χ4v) is 3.59. The molecule has 1 saturated heterocycles. The lowest BCUT2D eigenvalue weighted by Crippen LogP contribution is -2.39. The van der Waals surface area contributed by atoms with E-state index < -0.39 is 5.97 Å². The van der Waals surface area contributed by atoms with Crippen LogP contribution in [0.2, 0.25) is 0 Å². The van der Waals surface area contributed by atoms with Crippen molar-refractivity contribution in [1.29, 1.82) is 0 Å². The summed E-state index contributed by atoms with van der Waals surface area (Å²) in [6.45, 7) is 3.08. The van der Waals surface area contributed by atoms with Crippen LogP contribution in [0.15, 0.2) is 0 Å². The molecule has 4 heteroatoms. The van der Waals surface area contributed by atoms with Gasteiger partial charge in [-0.3, -0.25) is 0 Å². The fourth-order valence-electron chi connectivity index (χ4n) is 3.23. The minimum absolute atomic E-state index is 0.365. The second-order valence-corrected chi connectivity index (χ2v) is 6.99. The highest BCUT2D eigenvalue weighted by Gasteiger charge is 2.31. The maximum absolute atomic E-state index is 11.2. The third kappa shape index (κ3) is 7.57. The Kier molecular flexibility index (Phi) is 10.5. The van der Waals surface area contributed by atoms with E-state index in [0.717, 1.165) is 37.2 Å². The van der Waals surface area contributed by atoms with Gasteiger partial charge in [-0.1, -0.05) is 76.9 Å². The van der Waals surface area contributed by atoms with Gasteiger partial charge in [0.2, 0.25) is 0 Å². The van der Waals surface area contributed by atoms with E-state index in [0.29, 0.717) is 0 Å². The van der Waals surface area contributed by atoms with Crippen molar-refractivity contribution in [3.63, 3.8) is 0 Å². The number of carboxylic acids is 1. The number of hydrogen-bond acceptors (Lipinski definition) is 2. The monoisotopic (exact) mass is 327 g/mol. The first kappa shape index (κ1) is 19.4. The molecule has 0 spiro atoms. The summed E-state index contributed by atoms with van der Waals surface area (Å²) >= 11 is 5.43. The molecule has 1 fully saturated rings. The molecular formula is C18H33NO2S. The third-order valence-electron chi connectivity index (χ3n) is 4.60. The van der Waals surface area contributed by atoms with Gasteiger partial charge < -0.3 is 10.0 Å². The summed E-state index contributed by atoms with van der Waals surface area (Å²) in [7, 11) is 0. The van der Waals surface area contributed by atoms with E-state index in [1.165, 1.54) is 57.8 Å².